The Morgan fingerprint density at radius 1 is 1.17 bits per heavy atom. The van der Waals surface area contributed by atoms with Crippen molar-refractivity contribution in [3.8, 4) is 5.75 Å². The van der Waals surface area contributed by atoms with E-state index in [1.807, 2.05) is 5.38 Å². The van der Waals surface area contributed by atoms with E-state index in [1.165, 1.54) is 35.5 Å². The van der Waals surface area contributed by atoms with Crippen molar-refractivity contribution in [2.75, 3.05) is 12.0 Å². The SMILES string of the molecule is COc1ccc(F)cc1/C(O)=C1/C(=O)C(=O)N(c2cccc(Br)c2)C1c1cccs1. The van der Waals surface area contributed by atoms with Gasteiger partial charge in [0.05, 0.1) is 18.2 Å². The van der Waals surface area contributed by atoms with E-state index >= 15 is 0 Å². The minimum absolute atomic E-state index is 0.00583. The van der Waals surface area contributed by atoms with Gasteiger partial charge in [-0.25, -0.2) is 4.39 Å². The molecule has 5 nitrogen and oxygen atoms in total. The predicted octanol–water partition coefficient (Wildman–Crippen LogP) is 5.28. The van der Waals surface area contributed by atoms with Gasteiger partial charge in [-0.15, -0.1) is 11.3 Å². The van der Waals surface area contributed by atoms with E-state index in [9.17, 15) is 19.1 Å². The van der Waals surface area contributed by atoms with Gasteiger partial charge in [-0.05, 0) is 47.8 Å². The summed E-state index contributed by atoms with van der Waals surface area (Å²) >= 11 is 4.73. The second-order valence-corrected chi connectivity index (χ2v) is 8.40. The Morgan fingerprint density at radius 2 is 1.97 bits per heavy atom. The fraction of sp³-hybridized carbons (Fsp3) is 0.0909. The minimum atomic E-state index is -0.854. The number of rotatable bonds is 4. The number of halogens is 2. The lowest BCUT2D eigenvalue weighted by atomic mass is 9.99. The molecule has 0 radical (unpaired) electrons. The number of benzene rings is 2. The van der Waals surface area contributed by atoms with Crippen molar-refractivity contribution < 1.29 is 23.8 Å². The Labute approximate surface area is 184 Å². The molecule has 0 spiro atoms. The van der Waals surface area contributed by atoms with Crippen LogP contribution in [0.1, 0.15) is 16.5 Å². The Morgan fingerprint density at radius 3 is 2.63 bits per heavy atom. The van der Waals surface area contributed by atoms with Gasteiger partial charge in [-0.1, -0.05) is 28.1 Å². The molecule has 1 N–H and O–H groups in total. The van der Waals surface area contributed by atoms with Crippen LogP contribution in [-0.2, 0) is 9.59 Å². The van der Waals surface area contributed by atoms with Crippen LogP contribution in [0.5, 0.6) is 5.75 Å². The van der Waals surface area contributed by atoms with Gasteiger partial charge in [0.25, 0.3) is 11.7 Å². The standard InChI is InChI=1S/C22H15BrFNO4S/c1-29-16-8-7-13(24)11-15(16)20(26)18-19(17-6-3-9-30-17)25(22(28)21(18)27)14-5-2-4-12(23)10-14/h2-11,19,26H,1H3/b20-18-. The number of aliphatic hydroxyl groups excluding tert-OH is 1. The average Bonchev–Trinajstić information content (AvgIpc) is 3.34. The van der Waals surface area contributed by atoms with Crippen molar-refractivity contribution in [1.29, 1.82) is 0 Å². The van der Waals surface area contributed by atoms with Crippen molar-refractivity contribution in [3.63, 3.8) is 0 Å². The largest absolute Gasteiger partial charge is 0.507 e. The molecule has 152 valence electrons. The second-order valence-electron chi connectivity index (χ2n) is 6.51. The summed E-state index contributed by atoms with van der Waals surface area (Å²) in [7, 11) is 1.38. The predicted molar refractivity (Wildman–Crippen MR) is 116 cm³/mol. The fourth-order valence-corrected chi connectivity index (χ4v) is 4.66. The number of carbonyl (C=O) groups is 2. The first-order valence-electron chi connectivity index (χ1n) is 8.86. The highest BCUT2D eigenvalue weighted by Crippen LogP contribution is 2.44. The van der Waals surface area contributed by atoms with E-state index in [0.29, 0.717) is 10.6 Å². The molecule has 0 aliphatic carbocycles. The zero-order valence-electron chi connectivity index (χ0n) is 15.6. The summed E-state index contributed by atoms with van der Waals surface area (Å²) in [5.74, 6) is -2.53. The number of hydrogen-bond acceptors (Lipinski definition) is 5. The summed E-state index contributed by atoms with van der Waals surface area (Å²) in [5, 5.41) is 12.9. The normalized spacial score (nSPS) is 18.1. The summed E-state index contributed by atoms with van der Waals surface area (Å²) in [6.45, 7) is 0. The Kier molecular flexibility index (Phi) is 5.44. The van der Waals surface area contributed by atoms with Gasteiger partial charge < -0.3 is 9.84 Å². The van der Waals surface area contributed by atoms with Gasteiger partial charge in [0, 0.05) is 15.0 Å². The maximum absolute atomic E-state index is 13.9. The third kappa shape index (κ3) is 3.42. The first-order chi connectivity index (χ1) is 14.4. The van der Waals surface area contributed by atoms with E-state index in [1.54, 1.807) is 36.4 Å². The quantitative estimate of drug-likeness (QED) is 0.308. The third-order valence-corrected chi connectivity index (χ3v) is 6.18. The summed E-state index contributed by atoms with van der Waals surface area (Å²) < 4.78 is 19.9. The highest BCUT2D eigenvalue weighted by molar-refractivity contribution is 9.10. The van der Waals surface area contributed by atoms with E-state index < -0.39 is 29.3 Å². The minimum Gasteiger partial charge on any atom is -0.507 e. The molecule has 2 aromatic carbocycles. The van der Waals surface area contributed by atoms with Gasteiger partial charge in [-0.2, -0.15) is 0 Å². The number of anilines is 1. The Bertz CT molecular complexity index is 1180. The second kappa shape index (κ2) is 8.04. The number of amides is 1. The van der Waals surface area contributed by atoms with Crippen LogP contribution in [0.4, 0.5) is 10.1 Å². The Balaban J connectivity index is 1.97. The van der Waals surface area contributed by atoms with Gasteiger partial charge in [0.15, 0.2) is 0 Å². The van der Waals surface area contributed by atoms with Gasteiger partial charge in [-0.3, -0.25) is 14.5 Å². The van der Waals surface area contributed by atoms with Crippen LogP contribution in [0.2, 0.25) is 0 Å². The summed E-state index contributed by atoms with van der Waals surface area (Å²) in [5.41, 5.74) is 0.382. The molecule has 4 rings (SSSR count). The molecule has 1 aliphatic heterocycles. The van der Waals surface area contributed by atoms with Crippen LogP contribution in [0.25, 0.3) is 5.76 Å². The van der Waals surface area contributed by atoms with Crippen LogP contribution < -0.4 is 9.64 Å². The lowest BCUT2D eigenvalue weighted by molar-refractivity contribution is -0.132. The zero-order chi connectivity index (χ0) is 21.4. The molecule has 1 saturated heterocycles. The van der Waals surface area contributed by atoms with E-state index in [0.717, 1.165) is 10.5 Å². The monoisotopic (exact) mass is 487 g/mol. The van der Waals surface area contributed by atoms with Gasteiger partial charge in [0.2, 0.25) is 0 Å². The number of thiophene rings is 1. The zero-order valence-corrected chi connectivity index (χ0v) is 18.0. The topological polar surface area (TPSA) is 66.8 Å². The molecule has 1 atom stereocenters. The molecular weight excluding hydrogens is 473 g/mol. The highest BCUT2D eigenvalue weighted by Gasteiger charge is 2.47. The smallest absolute Gasteiger partial charge is 0.300 e. The Hall–Kier alpha value is -2.97. The summed E-state index contributed by atoms with van der Waals surface area (Å²) in [4.78, 5) is 28.1. The van der Waals surface area contributed by atoms with Crippen molar-refractivity contribution in [2.24, 2.45) is 0 Å². The molecule has 8 heteroatoms. The molecule has 1 unspecified atom stereocenters. The number of hydrogen-bond donors (Lipinski definition) is 1. The lowest BCUT2D eigenvalue weighted by Crippen LogP contribution is -2.29. The van der Waals surface area contributed by atoms with Crippen LogP contribution in [0.15, 0.2) is 70.0 Å². The number of ketones is 1. The molecule has 0 bridgehead atoms. The van der Waals surface area contributed by atoms with Crippen molar-refractivity contribution in [1.82, 2.24) is 0 Å². The fourth-order valence-electron chi connectivity index (χ4n) is 3.45. The van der Waals surface area contributed by atoms with E-state index in [2.05, 4.69) is 15.9 Å². The highest BCUT2D eigenvalue weighted by atomic mass is 79.9. The molecule has 1 fully saturated rings. The van der Waals surface area contributed by atoms with Crippen LogP contribution >= 0.6 is 27.3 Å². The molecule has 1 aromatic heterocycles. The first kappa shape index (κ1) is 20.3. The van der Waals surface area contributed by atoms with E-state index in [-0.39, 0.29) is 16.9 Å². The maximum Gasteiger partial charge on any atom is 0.300 e. The molecular formula is C22H15BrFNO4S. The van der Waals surface area contributed by atoms with Crippen LogP contribution in [-0.4, -0.2) is 23.9 Å². The number of Topliss-reactive ketones (excluding diaryl/α,β-unsaturated/α-hetero) is 1. The molecule has 1 aliphatic rings. The molecule has 0 saturated carbocycles. The number of nitrogens with zero attached hydrogens (tertiary/aromatic N) is 1. The number of aliphatic hydroxyl groups is 1. The molecule has 2 heterocycles. The van der Waals surface area contributed by atoms with Crippen molar-refractivity contribution in [3.05, 3.63) is 86.3 Å². The van der Waals surface area contributed by atoms with Crippen molar-refractivity contribution >= 4 is 50.4 Å². The average molecular weight is 488 g/mol. The lowest BCUT2D eigenvalue weighted by Gasteiger charge is -2.24. The van der Waals surface area contributed by atoms with Gasteiger partial charge in [0.1, 0.15) is 23.4 Å². The summed E-state index contributed by atoms with van der Waals surface area (Å²) in [6.07, 6.45) is 0. The summed E-state index contributed by atoms with van der Waals surface area (Å²) in [6, 6.07) is 13.3. The van der Waals surface area contributed by atoms with Gasteiger partial charge >= 0.3 is 0 Å². The third-order valence-electron chi connectivity index (χ3n) is 4.76. The number of carbonyl (C=O) groups excluding carboxylic acids is 2. The van der Waals surface area contributed by atoms with Crippen LogP contribution in [0.3, 0.4) is 0 Å². The van der Waals surface area contributed by atoms with Crippen molar-refractivity contribution in [2.45, 2.75) is 6.04 Å². The number of ether oxygens (including phenoxy) is 1. The molecule has 1 amide bonds. The molecule has 3 aromatic rings. The van der Waals surface area contributed by atoms with E-state index in [4.69, 9.17) is 4.74 Å². The van der Waals surface area contributed by atoms with Crippen LogP contribution in [0, 0.1) is 5.82 Å². The first-order valence-corrected chi connectivity index (χ1v) is 10.5. The molecule has 30 heavy (non-hydrogen) atoms. The number of methoxy groups -OCH3 is 1. The maximum atomic E-state index is 13.9.